The molecule has 6 fully saturated rings. The highest BCUT2D eigenvalue weighted by Gasteiger charge is 2.41. The zero-order valence-electron chi connectivity index (χ0n) is 20.8. The lowest BCUT2D eigenvalue weighted by molar-refractivity contribution is -0.0199. The average Bonchev–Trinajstić information content (AvgIpc) is 2.85. The number of nitrogens with one attached hydrogen (secondary N) is 2. The van der Waals surface area contributed by atoms with E-state index >= 15 is 0 Å². The first-order valence-electron chi connectivity index (χ1n) is 13.9. The second-order valence-corrected chi connectivity index (χ2v) is 13.8. The molecule has 7 nitrogen and oxygen atoms in total. The van der Waals surface area contributed by atoms with Gasteiger partial charge < -0.3 is 10.2 Å². The summed E-state index contributed by atoms with van der Waals surface area (Å²) in [7, 11) is -3.17. The topological polar surface area (TPSA) is 67.9 Å². The van der Waals surface area contributed by atoms with E-state index in [-0.39, 0.29) is 5.25 Å². The molecule has 0 aromatic rings. The summed E-state index contributed by atoms with van der Waals surface area (Å²) in [5.41, 5.74) is 0. The number of hydrogen-bond acceptors (Lipinski definition) is 6. The minimum Gasteiger partial charge on any atom is -0.302 e. The van der Waals surface area contributed by atoms with Crippen LogP contribution in [0, 0.1) is 17.8 Å². The first-order valence-corrected chi connectivity index (χ1v) is 15.4. The molecule has 0 amide bonds. The van der Waals surface area contributed by atoms with Crippen LogP contribution in [0.1, 0.15) is 64.7 Å². The number of hydrogen-bond donors (Lipinski definition) is 2. The second kappa shape index (κ2) is 10.8. The molecule has 190 valence electrons. The Labute approximate surface area is 202 Å². The van der Waals surface area contributed by atoms with E-state index in [1.807, 2.05) is 0 Å². The highest BCUT2D eigenvalue weighted by atomic mass is 32.2. The number of sulfonamides is 1. The van der Waals surface area contributed by atoms with Crippen LogP contribution in [-0.2, 0) is 10.0 Å². The van der Waals surface area contributed by atoms with Crippen molar-refractivity contribution in [3.05, 3.63) is 0 Å². The lowest BCUT2D eigenvalue weighted by atomic mass is 9.75. The van der Waals surface area contributed by atoms with Gasteiger partial charge in [0.05, 0.1) is 11.4 Å². The quantitative estimate of drug-likeness (QED) is 0.579. The Balaban J connectivity index is 1.06. The summed E-state index contributed by atoms with van der Waals surface area (Å²) in [4.78, 5) is 7.97. The molecule has 5 saturated heterocycles. The Bertz CT molecular complexity index is 727. The SMILES string of the molecule is CC1CCC(S(=O)(=O)NCC2CC3CCN2CC3CN2CCN(C3CCCCN3)CC2)CC1. The zero-order chi connectivity index (χ0) is 22.8. The largest absolute Gasteiger partial charge is 0.302 e. The zero-order valence-corrected chi connectivity index (χ0v) is 21.6. The van der Waals surface area contributed by atoms with Gasteiger partial charge in [0.25, 0.3) is 0 Å². The minimum absolute atomic E-state index is 0.167. The number of nitrogens with zero attached hydrogens (tertiary/aromatic N) is 3. The van der Waals surface area contributed by atoms with E-state index in [1.54, 1.807) is 0 Å². The van der Waals surface area contributed by atoms with Crippen molar-refractivity contribution in [1.82, 2.24) is 24.7 Å². The third-order valence-corrected chi connectivity index (χ3v) is 11.5. The van der Waals surface area contributed by atoms with Crippen molar-refractivity contribution in [3.8, 4) is 0 Å². The Morgan fingerprint density at radius 3 is 2.36 bits per heavy atom. The van der Waals surface area contributed by atoms with Crippen molar-refractivity contribution in [2.24, 2.45) is 17.8 Å². The summed E-state index contributed by atoms with van der Waals surface area (Å²) in [6.07, 6.45) is 10.9. The third-order valence-electron chi connectivity index (χ3n) is 9.56. The maximum atomic E-state index is 12.9. The number of fused-ring (bicyclic) bond motifs is 3. The lowest BCUT2D eigenvalue weighted by Crippen LogP contribution is -2.60. The van der Waals surface area contributed by atoms with Gasteiger partial charge in [-0.1, -0.05) is 6.92 Å². The smallest absolute Gasteiger partial charge is 0.214 e. The molecular formula is C25H47N5O2S. The number of piperidine rings is 4. The molecule has 0 aromatic carbocycles. The minimum atomic E-state index is -3.17. The summed E-state index contributed by atoms with van der Waals surface area (Å²) >= 11 is 0. The van der Waals surface area contributed by atoms with Crippen molar-refractivity contribution in [2.75, 3.05) is 58.9 Å². The fourth-order valence-corrected chi connectivity index (χ4v) is 8.83. The molecule has 5 unspecified atom stereocenters. The summed E-state index contributed by atoms with van der Waals surface area (Å²) in [6, 6.07) is 0.395. The first-order chi connectivity index (χ1) is 16.0. The molecule has 6 rings (SSSR count). The summed E-state index contributed by atoms with van der Waals surface area (Å²) in [6.45, 7) is 12.4. The fraction of sp³-hybridized carbons (Fsp3) is 1.00. The summed E-state index contributed by atoms with van der Waals surface area (Å²) in [5, 5.41) is 3.54. The standard InChI is InChI=1S/C25H47N5O2S/c1-20-5-7-24(8-6-20)33(31,32)27-17-23-16-21-9-11-30(23)19-22(21)18-28-12-14-29(15-13-28)25-4-2-3-10-26-25/h20-27H,2-19H2,1H3. The molecule has 8 heteroatoms. The van der Waals surface area contributed by atoms with Gasteiger partial charge in [-0.05, 0) is 88.6 Å². The highest BCUT2D eigenvalue weighted by molar-refractivity contribution is 7.90. The van der Waals surface area contributed by atoms with Gasteiger partial charge in [-0.15, -0.1) is 0 Å². The van der Waals surface area contributed by atoms with Gasteiger partial charge in [0.1, 0.15) is 0 Å². The maximum Gasteiger partial charge on any atom is 0.214 e. The van der Waals surface area contributed by atoms with Crippen LogP contribution in [-0.4, -0.2) is 99.5 Å². The predicted molar refractivity (Wildman–Crippen MR) is 134 cm³/mol. The van der Waals surface area contributed by atoms with Crippen LogP contribution < -0.4 is 10.0 Å². The molecule has 6 aliphatic rings. The lowest BCUT2D eigenvalue weighted by Gasteiger charge is -2.51. The Hall–Kier alpha value is -0.250. The van der Waals surface area contributed by atoms with Gasteiger partial charge in [0, 0.05) is 51.9 Å². The molecule has 0 spiro atoms. The van der Waals surface area contributed by atoms with Crippen LogP contribution in [0.2, 0.25) is 0 Å². The van der Waals surface area contributed by atoms with Gasteiger partial charge in [0.2, 0.25) is 10.0 Å². The van der Waals surface area contributed by atoms with E-state index in [2.05, 4.69) is 31.7 Å². The molecule has 0 aromatic heterocycles. The van der Waals surface area contributed by atoms with Crippen LogP contribution in [0.3, 0.4) is 0 Å². The molecular weight excluding hydrogens is 434 g/mol. The summed E-state index contributed by atoms with van der Waals surface area (Å²) in [5.74, 6) is 2.20. The van der Waals surface area contributed by atoms with E-state index in [0.717, 1.165) is 50.6 Å². The normalized spacial score (nSPS) is 41.3. The second-order valence-electron chi connectivity index (χ2n) is 11.8. The van der Waals surface area contributed by atoms with Crippen molar-refractivity contribution >= 4 is 10.0 Å². The summed E-state index contributed by atoms with van der Waals surface area (Å²) < 4.78 is 28.8. The van der Waals surface area contributed by atoms with E-state index < -0.39 is 10.0 Å². The highest BCUT2D eigenvalue weighted by Crippen LogP contribution is 2.37. The number of rotatable bonds is 7. The van der Waals surface area contributed by atoms with Crippen LogP contribution in [0.15, 0.2) is 0 Å². The molecule has 1 saturated carbocycles. The molecule has 5 atom stereocenters. The monoisotopic (exact) mass is 481 g/mol. The maximum absolute atomic E-state index is 12.9. The van der Waals surface area contributed by atoms with Gasteiger partial charge in [-0.25, -0.2) is 13.1 Å². The Morgan fingerprint density at radius 1 is 0.909 bits per heavy atom. The number of piperazine rings is 1. The van der Waals surface area contributed by atoms with Crippen molar-refractivity contribution in [3.63, 3.8) is 0 Å². The molecule has 5 heterocycles. The molecule has 33 heavy (non-hydrogen) atoms. The van der Waals surface area contributed by atoms with Gasteiger partial charge in [0.15, 0.2) is 0 Å². The first kappa shape index (κ1) is 24.4. The Kier molecular flexibility index (Phi) is 7.99. The van der Waals surface area contributed by atoms with Crippen molar-refractivity contribution in [1.29, 1.82) is 0 Å². The van der Waals surface area contributed by atoms with E-state index in [9.17, 15) is 8.42 Å². The molecule has 5 aliphatic heterocycles. The average molecular weight is 482 g/mol. The van der Waals surface area contributed by atoms with E-state index in [1.165, 1.54) is 71.4 Å². The van der Waals surface area contributed by atoms with Gasteiger partial charge in [-0.3, -0.25) is 9.80 Å². The third kappa shape index (κ3) is 5.95. The van der Waals surface area contributed by atoms with E-state index in [0.29, 0.717) is 24.7 Å². The van der Waals surface area contributed by atoms with Crippen LogP contribution >= 0.6 is 0 Å². The van der Waals surface area contributed by atoms with Crippen molar-refractivity contribution < 1.29 is 8.42 Å². The Morgan fingerprint density at radius 2 is 1.70 bits per heavy atom. The van der Waals surface area contributed by atoms with Crippen LogP contribution in [0.5, 0.6) is 0 Å². The molecule has 1 aliphatic carbocycles. The van der Waals surface area contributed by atoms with Gasteiger partial charge >= 0.3 is 0 Å². The molecule has 0 radical (unpaired) electrons. The molecule has 2 bridgehead atoms. The van der Waals surface area contributed by atoms with Crippen molar-refractivity contribution in [2.45, 2.75) is 82.2 Å². The van der Waals surface area contributed by atoms with E-state index in [4.69, 9.17) is 0 Å². The molecule has 2 N–H and O–H groups in total. The van der Waals surface area contributed by atoms with Gasteiger partial charge in [-0.2, -0.15) is 0 Å². The van der Waals surface area contributed by atoms with Crippen LogP contribution in [0.25, 0.3) is 0 Å². The van der Waals surface area contributed by atoms with Crippen LogP contribution in [0.4, 0.5) is 0 Å². The fourth-order valence-electron chi connectivity index (χ4n) is 7.27. The predicted octanol–water partition coefficient (Wildman–Crippen LogP) is 1.91.